The Balaban J connectivity index is 3.10. The molecule has 13 heavy (non-hydrogen) atoms. The predicted molar refractivity (Wildman–Crippen MR) is 47.1 cm³/mol. The minimum absolute atomic E-state index is 0.0768. The van der Waals surface area contributed by atoms with Gasteiger partial charge in [0.2, 0.25) is 0 Å². The van der Waals surface area contributed by atoms with Crippen LogP contribution in [0.5, 0.6) is 0 Å². The van der Waals surface area contributed by atoms with Gasteiger partial charge in [-0.15, -0.1) is 0 Å². The molecule has 0 saturated carbocycles. The summed E-state index contributed by atoms with van der Waals surface area (Å²) in [7, 11) is 1.51. The molecule has 0 radical (unpaired) electrons. The van der Waals surface area contributed by atoms with E-state index < -0.39 is 0 Å². The molecular weight excluding hydrogens is 171 g/mol. The molecule has 0 bridgehead atoms. The van der Waals surface area contributed by atoms with Crippen LogP contribution in [0.4, 0.5) is 4.39 Å². The third-order valence-corrected chi connectivity index (χ3v) is 1.75. The Labute approximate surface area is 76.3 Å². The molecule has 0 amide bonds. The molecule has 0 saturated heterocycles. The van der Waals surface area contributed by atoms with Gasteiger partial charge in [-0.05, 0) is 30.7 Å². The Kier molecular flexibility index (Phi) is 3.14. The molecule has 0 atom stereocenters. The van der Waals surface area contributed by atoms with Crippen LogP contribution in [-0.4, -0.2) is 12.9 Å². The number of rotatable bonds is 3. The van der Waals surface area contributed by atoms with Gasteiger partial charge in [-0.1, -0.05) is 0 Å². The Morgan fingerprint density at radius 3 is 2.77 bits per heavy atom. The van der Waals surface area contributed by atoms with Gasteiger partial charge in [0, 0.05) is 12.7 Å². The zero-order valence-corrected chi connectivity index (χ0v) is 7.63. The lowest BCUT2D eigenvalue weighted by Gasteiger charge is -2.05. The average molecular weight is 182 g/mol. The number of carbonyl (C=O) groups excluding carboxylic acids is 1. The summed E-state index contributed by atoms with van der Waals surface area (Å²) in [6.07, 6.45) is 0. The molecule has 3 heteroatoms. The number of hydrogen-bond donors (Lipinski definition) is 0. The van der Waals surface area contributed by atoms with Crippen molar-refractivity contribution < 1.29 is 13.9 Å². The Morgan fingerprint density at radius 2 is 2.23 bits per heavy atom. The first-order chi connectivity index (χ1) is 6.15. The standard InChI is InChI=1S/C10H11FO2/c1-7(12)10-4-3-9(11)5-8(10)6-13-2/h3-5H,6H2,1-2H3. The molecule has 0 fully saturated rings. The average Bonchev–Trinajstić information content (AvgIpc) is 2.04. The molecule has 0 aliphatic carbocycles. The Hall–Kier alpha value is -1.22. The van der Waals surface area contributed by atoms with Crippen LogP contribution in [0.15, 0.2) is 18.2 Å². The maximum Gasteiger partial charge on any atom is 0.160 e. The maximum atomic E-state index is 12.8. The number of halogens is 1. The number of carbonyl (C=O) groups is 1. The van der Waals surface area contributed by atoms with Crippen LogP contribution in [0.25, 0.3) is 0 Å². The highest BCUT2D eigenvalue weighted by Crippen LogP contribution is 2.12. The first kappa shape index (κ1) is 9.86. The predicted octanol–water partition coefficient (Wildman–Crippen LogP) is 2.17. The van der Waals surface area contributed by atoms with Gasteiger partial charge in [0.15, 0.2) is 5.78 Å². The molecule has 70 valence electrons. The fraction of sp³-hybridized carbons (Fsp3) is 0.300. The number of Topliss-reactive ketones (excluding diaryl/α,β-unsaturated/α-hetero) is 1. The topological polar surface area (TPSA) is 26.3 Å². The lowest BCUT2D eigenvalue weighted by molar-refractivity contribution is 0.101. The molecule has 0 aromatic heterocycles. The second kappa shape index (κ2) is 4.14. The summed E-state index contributed by atoms with van der Waals surface area (Å²) in [5, 5.41) is 0. The monoisotopic (exact) mass is 182 g/mol. The van der Waals surface area contributed by atoms with E-state index in [2.05, 4.69) is 0 Å². The Morgan fingerprint density at radius 1 is 1.54 bits per heavy atom. The highest BCUT2D eigenvalue weighted by Gasteiger charge is 2.07. The molecule has 1 aromatic carbocycles. The van der Waals surface area contributed by atoms with E-state index in [-0.39, 0.29) is 18.2 Å². The van der Waals surface area contributed by atoms with Crippen LogP contribution < -0.4 is 0 Å². The van der Waals surface area contributed by atoms with Crippen molar-refractivity contribution in [2.24, 2.45) is 0 Å². The van der Waals surface area contributed by atoms with Gasteiger partial charge in [-0.3, -0.25) is 4.79 Å². The van der Waals surface area contributed by atoms with Crippen LogP contribution in [0.2, 0.25) is 0 Å². The molecule has 0 aliphatic heterocycles. The normalized spacial score (nSPS) is 10.1. The van der Waals surface area contributed by atoms with Gasteiger partial charge in [0.1, 0.15) is 5.82 Å². The minimum Gasteiger partial charge on any atom is -0.380 e. The second-order valence-corrected chi connectivity index (χ2v) is 2.79. The minimum atomic E-state index is -0.350. The van der Waals surface area contributed by atoms with Crippen LogP contribution in [0.1, 0.15) is 22.8 Å². The zero-order chi connectivity index (χ0) is 9.84. The van der Waals surface area contributed by atoms with E-state index in [9.17, 15) is 9.18 Å². The third kappa shape index (κ3) is 2.36. The highest BCUT2D eigenvalue weighted by atomic mass is 19.1. The number of ketones is 1. The number of hydrogen-bond acceptors (Lipinski definition) is 2. The van der Waals surface area contributed by atoms with Crippen molar-refractivity contribution in [1.82, 2.24) is 0 Å². The fourth-order valence-corrected chi connectivity index (χ4v) is 1.18. The van der Waals surface area contributed by atoms with Gasteiger partial charge >= 0.3 is 0 Å². The molecule has 0 N–H and O–H groups in total. The van der Waals surface area contributed by atoms with Crippen molar-refractivity contribution in [3.63, 3.8) is 0 Å². The molecule has 0 spiro atoms. The van der Waals surface area contributed by atoms with E-state index in [4.69, 9.17) is 4.74 Å². The van der Waals surface area contributed by atoms with E-state index >= 15 is 0 Å². The number of methoxy groups -OCH3 is 1. The SMILES string of the molecule is COCc1cc(F)ccc1C(C)=O. The maximum absolute atomic E-state index is 12.8. The first-order valence-corrected chi connectivity index (χ1v) is 3.93. The van der Waals surface area contributed by atoms with Crippen LogP contribution in [-0.2, 0) is 11.3 Å². The molecule has 0 aliphatic rings. The molecular formula is C10H11FO2. The van der Waals surface area contributed by atoms with Gasteiger partial charge in [0.25, 0.3) is 0 Å². The summed E-state index contributed by atoms with van der Waals surface area (Å²) in [5.74, 6) is -0.427. The second-order valence-electron chi connectivity index (χ2n) is 2.79. The van der Waals surface area contributed by atoms with Crippen LogP contribution >= 0.6 is 0 Å². The van der Waals surface area contributed by atoms with E-state index in [0.29, 0.717) is 11.1 Å². The fourth-order valence-electron chi connectivity index (χ4n) is 1.18. The third-order valence-electron chi connectivity index (χ3n) is 1.75. The lowest BCUT2D eigenvalue weighted by Crippen LogP contribution is -2.01. The Bertz CT molecular complexity index is 321. The summed E-state index contributed by atoms with van der Waals surface area (Å²) in [5.41, 5.74) is 1.11. The number of benzene rings is 1. The van der Waals surface area contributed by atoms with Gasteiger partial charge in [0.05, 0.1) is 6.61 Å². The summed E-state index contributed by atoms with van der Waals surface area (Å²) < 4.78 is 17.6. The van der Waals surface area contributed by atoms with Crippen molar-refractivity contribution >= 4 is 5.78 Å². The van der Waals surface area contributed by atoms with E-state index in [1.807, 2.05) is 0 Å². The van der Waals surface area contributed by atoms with E-state index in [0.717, 1.165) is 0 Å². The first-order valence-electron chi connectivity index (χ1n) is 3.93. The lowest BCUT2D eigenvalue weighted by atomic mass is 10.1. The molecule has 0 heterocycles. The summed E-state index contributed by atoms with van der Waals surface area (Å²) in [4.78, 5) is 11.1. The molecule has 1 rings (SSSR count). The molecule has 2 nitrogen and oxygen atoms in total. The molecule has 1 aromatic rings. The highest BCUT2D eigenvalue weighted by molar-refractivity contribution is 5.95. The quantitative estimate of drug-likeness (QED) is 0.669. The van der Waals surface area contributed by atoms with Gasteiger partial charge in [-0.2, -0.15) is 0 Å². The number of ether oxygens (including phenoxy) is 1. The smallest absolute Gasteiger partial charge is 0.160 e. The van der Waals surface area contributed by atoms with Crippen molar-refractivity contribution in [2.75, 3.05) is 7.11 Å². The van der Waals surface area contributed by atoms with E-state index in [1.165, 1.54) is 32.2 Å². The zero-order valence-electron chi connectivity index (χ0n) is 7.63. The van der Waals surface area contributed by atoms with Crippen molar-refractivity contribution in [2.45, 2.75) is 13.5 Å². The van der Waals surface area contributed by atoms with Gasteiger partial charge < -0.3 is 4.74 Å². The van der Waals surface area contributed by atoms with Crippen molar-refractivity contribution in [1.29, 1.82) is 0 Å². The van der Waals surface area contributed by atoms with E-state index in [1.54, 1.807) is 0 Å². The summed E-state index contributed by atoms with van der Waals surface area (Å²) >= 11 is 0. The van der Waals surface area contributed by atoms with Gasteiger partial charge in [-0.25, -0.2) is 4.39 Å². The summed E-state index contributed by atoms with van der Waals surface area (Å²) in [6, 6.07) is 4.07. The largest absolute Gasteiger partial charge is 0.380 e. The van der Waals surface area contributed by atoms with Crippen molar-refractivity contribution in [3.8, 4) is 0 Å². The molecule has 0 unspecified atom stereocenters. The summed E-state index contributed by atoms with van der Waals surface area (Å²) in [6.45, 7) is 1.71. The van der Waals surface area contributed by atoms with Crippen molar-refractivity contribution in [3.05, 3.63) is 35.1 Å². The van der Waals surface area contributed by atoms with Crippen LogP contribution in [0, 0.1) is 5.82 Å². The van der Waals surface area contributed by atoms with Crippen LogP contribution in [0.3, 0.4) is 0 Å².